The van der Waals surface area contributed by atoms with Crippen molar-refractivity contribution < 1.29 is 0 Å². The third kappa shape index (κ3) is 6.39. The molecule has 0 aliphatic carbocycles. The minimum atomic E-state index is 0. The maximum Gasteiger partial charge on any atom is 0.192 e. The van der Waals surface area contributed by atoms with Crippen LogP contribution in [0.2, 0.25) is 0 Å². The third-order valence-electron chi connectivity index (χ3n) is 3.11. The third-order valence-corrected chi connectivity index (χ3v) is 4.73. The number of guanidine groups is 1. The SMILES string of the molecule is CCNC(=NCc1ncc(C)s1)NC(C)c1ccccc1Br.I. The van der Waals surface area contributed by atoms with E-state index < -0.39 is 0 Å². The number of hydrogen-bond acceptors (Lipinski definition) is 3. The first kappa shape index (κ1) is 20.4. The second-order valence-electron chi connectivity index (χ2n) is 4.95. The molecule has 1 aromatic heterocycles. The molecular weight excluding hydrogens is 487 g/mol. The molecule has 0 radical (unpaired) electrons. The Morgan fingerprint density at radius 1 is 1.39 bits per heavy atom. The van der Waals surface area contributed by atoms with Crippen molar-refractivity contribution in [2.45, 2.75) is 33.4 Å². The van der Waals surface area contributed by atoms with E-state index in [1.807, 2.05) is 18.3 Å². The number of aliphatic imine (C=N–C) groups is 1. The first-order valence-corrected chi connectivity index (χ1v) is 8.91. The van der Waals surface area contributed by atoms with Crippen molar-refractivity contribution in [2.75, 3.05) is 6.54 Å². The van der Waals surface area contributed by atoms with Crippen molar-refractivity contribution in [3.05, 3.63) is 50.4 Å². The summed E-state index contributed by atoms with van der Waals surface area (Å²) < 4.78 is 1.10. The van der Waals surface area contributed by atoms with Gasteiger partial charge in [-0.25, -0.2) is 9.98 Å². The molecule has 2 aromatic rings. The van der Waals surface area contributed by atoms with E-state index in [-0.39, 0.29) is 30.0 Å². The number of halogens is 2. The molecule has 0 aliphatic rings. The number of benzene rings is 1. The van der Waals surface area contributed by atoms with Crippen molar-refractivity contribution >= 4 is 57.2 Å². The molecule has 126 valence electrons. The van der Waals surface area contributed by atoms with E-state index >= 15 is 0 Å². The average molecular weight is 509 g/mol. The van der Waals surface area contributed by atoms with Gasteiger partial charge in [0, 0.05) is 22.1 Å². The largest absolute Gasteiger partial charge is 0.357 e. The van der Waals surface area contributed by atoms with E-state index in [1.54, 1.807) is 11.3 Å². The fourth-order valence-corrected chi connectivity index (χ4v) is 3.39. The lowest BCUT2D eigenvalue weighted by molar-refractivity contribution is 0.683. The molecule has 0 bridgehead atoms. The van der Waals surface area contributed by atoms with Crippen LogP contribution < -0.4 is 10.6 Å². The van der Waals surface area contributed by atoms with Gasteiger partial charge in [0.2, 0.25) is 0 Å². The lowest BCUT2D eigenvalue weighted by Crippen LogP contribution is -2.38. The van der Waals surface area contributed by atoms with E-state index in [4.69, 9.17) is 0 Å². The van der Waals surface area contributed by atoms with E-state index in [0.717, 1.165) is 22.0 Å². The summed E-state index contributed by atoms with van der Waals surface area (Å²) in [6.07, 6.45) is 1.89. The Labute approximate surface area is 167 Å². The van der Waals surface area contributed by atoms with Crippen molar-refractivity contribution in [3.8, 4) is 0 Å². The Bertz CT molecular complexity index is 645. The summed E-state index contributed by atoms with van der Waals surface area (Å²) in [6.45, 7) is 7.67. The predicted octanol–water partition coefficient (Wildman–Crippen LogP) is 4.65. The van der Waals surface area contributed by atoms with Crippen LogP contribution in [0.4, 0.5) is 0 Å². The highest BCUT2D eigenvalue weighted by Crippen LogP contribution is 2.22. The van der Waals surface area contributed by atoms with E-state index in [2.05, 4.69) is 69.4 Å². The van der Waals surface area contributed by atoms with Crippen LogP contribution in [0.3, 0.4) is 0 Å². The maximum absolute atomic E-state index is 4.62. The number of thiazole rings is 1. The number of nitrogens with zero attached hydrogens (tertiary/aromatic N) is 2. The molecule has 2 rings (SSSR count). The fourth-order valence-electron chi connectivity index (χ4n) is 2.05. The van der Waals surface area contributed by atoms with Crippen LogP contribution in [0.25, 0.3) is 0 Å². The monoisotopic (exact) mass is 508 g/mol. The van der Waals surface area contributed by atoms with Crippen molar-refractivity contribution in [2.24, 2.45) is 4.99 Å². The summed E-state index contributed by atoms with van der Waals surface area (Å²) in [5, 5.41) is 7.75. The van der Waals surface area contributed by atoms with Gasteiger partial charge in [-0.2, -0.15) is 0 Å². The molecule has 1 unspecified atom stereocenters. The maximum atomic E-state index is 4.62. The van der Waals surface area contributed by atoms with Gasteiger partial charge in [0.05, 0.1) is 12.6 Å². The van der Waals surface area contributed by atoms with Gasteiger partial charge in [-0.05, 0) is 32.4 Å². The minimum absolute atomic E-state index is 0. The normalized spacial score (nSPS) is 12.4. The first-order chi connectivity index (χ1) is 10.6. The minimum Gasteiger partial charge on any atom is -0.357 e. The molecule has 0 saturated carbocycles. The van der Waals surface area contributed by atoms with E-state index in [9.17, 15) is 0 Å². The smallest absolute Gasteiger partial charge is 0.192 e. The zero-order chi connectivity index (χ0) is 15.9. The summed E-state index contributed by atoms with van der Waals surface area (Å²) in [5.74, 6) is 0.804. The highest BCUT2D eigenvalue weighted by atomic mass is 127. The summed E-state index contributed by atoms with van der Waals surface area (Å²) >= 11 is 5.28. The number of hydrogen-bond donors (Lipinski definition) is 2. The topological polar surface area (TPSA) is 49.3 Å². The summed E-state index contributed by atoms with van der Waals surface area (Å²) in [5.41, 5.74) is 1.21. The van der Waals surface area contributed by atoms with Gasteiger partial charge in [-0.1, -0.05) is 34.1 Å². The summed E-state index contributed by atoms with van der Waals surface area (Å²) in [7, 11) is 0. The van der Waals surface area contributed by atoms with Gasteiger partial charge in [0.1, 0.15) is 5.01 Å². The van der Waals surface area contributed by atoms with Crippen LogP contribution in [0.15, 0.2) is 39.9 Å². The Balaban J connectivity index is 0.00000264. The van der Waals surface area contributed by atoms with Crippen LogP contribution >= 0.6 is 51.2 Å². The second kappa shape index (κ2) is 10.2. The quantitative estimate of drug-likeness (QED) is 0.351. The Morgan fingerprint density at radius 2 is 2.13 bits per heavy atom. The van der Waals surface area contributed by atoms with Crippen LogP contribution in [0.1, 0.15) is 35.3 Å². The van der Waals surface area contributed by atoms with Gasteiger partial charge in [-0.15, -0.1) is 35.3 Å². The van der Waals surface area contributed by atoms with Crippen LogP contribution in [-0.4, -0.2) is 17.5 Å². The van der Waals surface area contributed by atoms with Gasteiger partial charge < -0.3 is 10.6 Å². The zero-order valence-electron chi connectivity index (χ0n) is 13.5. The molecule has 0 amide bonds. The van der Waals surface area contributed by atoms with Crippen molar-refractivity contribution in [1.82, 2.24) is 15.6 Å². The Hall–Kier alpha value is -0.670. The standard InChI is InChI=1S/C16H21BrN4S.HI/c1-4-18-16(20-10-15-19-9-11(2)22-15)21-12(3)13-7-5-6-8-14(13)17;/h5-9,12H,4,10H2,1-3H3,(H2,18,20,21);1H. The van der Waals surface area contributed by atoms with Crippen LogP contribution in [-0.2, 0) is 6.54 Å². The molecule has 1 atom stereocenters. The van der Waals surface area contributed by atoms with E-state index in [1.165, 1.54) is 10.4 Å². The Morgan fingerprint density at radius 3 is 2.74 bits per heavy atom. The zero-order valence-corrected chi connectivity index (χ0v) is 18.2. The summed E-state index contributed by atoms with van der Waals surface area (Å²) in [6, 6.07) is 8.38. The van der Waals surface area contributed by atoms with Crippen LogP contribution in [0, 0.1) is 6.92 Å². The van der Waals surface area contributed by atoms with Gasteiger partial charge in [-0.3, -0.25) is 0 Å². The van der Waals surface area contributed by atoms with Crippen molar-refractivity contribution in [1.29, 1.82) is 0 Å². The van der Waals surface area contributed by atoms with Crippen molar-refractivity contribution in [3.63, 3.8) is 0 Å². The molecular formula is C16H22BrIN4S. The second-order valence-corrected chi connectivity index (χ2v) is 7.12. The van der Waals surface area contributed by atoms with Gasteiger partial charge in [0.15, 0.2) is 5.96 Å². The molecule has 7 heteroatoms. The molecule has 0 saturated heterocycles. The molecule has 0 aliphatic heterocycles. The molecule has 0 spiro atoms. The van der Waals surface area contributed by atoms with E-state index in [0.29, 0.717) is 6.54 Å². The lowest BCUT2D eigenvalue weighted by Gasteiger charge is -2.19. The lowest BCUT2D eigenvalue weighted by atomic mass is 10.1. The fraction of sp³-hybridized carbons (Fsp3) is 0.375. The Kier molecular flexibility index (Phi) is 9.08. The number of nitrogens with one attached hydrogen (secondary N) is 2. The van der Waals surface area contributed by atoms with Crippen LogP contribution in [0.5, 0.6) is 0 Å². The number of aryl methyl sites for hydroxylation is 1. The highest BCUT2D eigenvalue weighted by Gasteiger charge is 2.10. The van der Waals surface area contributed by atoms with Gasteiger partial charge >= 0.3 is 0 Å². The van der Waals surface area contributed by atoms with Gasteiger partial charge in [0.25, 0.3) is 0 Å². The predicted molar refractivity (Wildman–Crippen MR) is 113 cm³/mol. The molecule has 0 fully saturated rings. The molecule has 1 heterocycles. The number of aromatic nitrogens is 1. The molecule has 1 aromatic carbocycles. The number of rotatable bonds is 5. The molecule has 2 N–H and O–H groups in total. The molecule has 4 nitrogen and oxygen atoms in total. The highest BCUT2D eigenvalue weighted by molar-refractivity contribution is 14.0. The summed E-state index contributed by atoms with van der Waals surface area (Å²) in [4.78, 5) is 10.2. The first-order valence-electron chi connectivity index (χ1n) is 7.30. The molecule has 23 heavy (non-hydrogen) atoms. The average Bonchev–Trinajstić information content (AvgIpc) is 2.91.